The third-order valence-electron chi connectivity index (χ3n) is 2.46. The molecule has 0 aliphatic rings. The van der Waals surface area contributed by atoms with Gasteiger partial charge in [0.1, 0.15) is 0 Å². The summed E-state index contributed by atoms with van der Waals surface area (Å²) < 4.78 is 0. The average molecular weight is 237 g/mol. The average Bonchev–Trinajstić information content (AvgIpc) is 2.20. The van der Waals surface area contributed by atoms with Gasteiger partial charge in [-0.3, -0.25) is 0 Å². The molecule has 0 aromatic heterocycles. The lowest BCUT2D eigenvalue weighted by Gasteiger charge is -2.09. The van der Waals surface area contributed by atoms with Crippen molar-refractivity contribution in [1.29, 1.82) is 0 Å². The molecule has 0 spiro atoms. The van der Waals surface area contributed by atoms with Crippen LogP contribution in [0.15, 0.2) is 23.1 Å². The zero-order valence-corrected chi connectivity index (χ0v) is 11.7. The highest BCUT2D eigenvalue weighted by Gasteiger charge is 1.99. The Hall–Kier alpha value is -0.470. The molecule has 0 saturated heterocycles. The molecule has 0 bridgehead atoms. The van der Waals surface area contributed by atoms with E-state index in [1.165, 1.54) is 28.2 Å². The van der Waals surface area contributed by atoms with Crippen LogP contribution in [0.3, 0.4) is 0 Å². The summed E-state index contributed by atoms with van der Waals surface area (Å²) in [6.45, 7) is 9.85. The molecule has 0 aliphatic carbocycles. The van der Waals surface area contributed by atoms with Crippen LogP contribution >= 0.6 is 11.8 Å². The first-order valence-electron chi connectivity index (χ1n) is 6.03. The molecule has 0 aliphatic heterocycles. The van der Waals surface area contributed by atoms with E-state index in [2.05, 4.69) is 51.2 Å². The van der Waals surface area contributed by atoms with Crippen LogP contribution < -0.4 is 5.32 Å². The molecule has 0 radical (unpaired) electrons. The molecular weight excluding hydrogens is 214 g/mol. The van der Waals surface area contributed by atoms with Crippen molar-refractivity contribution in [3.05, 3.63) is 29.3 Å². The van der Waals surface area contributed by atoms with Gasteiger partial charge in [-0.05, 0) is 44.2 Å². The number of benzene rings is 1. The number of hydrogen-bond donors (Lipinski definition) is 1. The van der Waals surface area contributed by atoms with Gasteiger partial charge in [-0.2, -0.15) is 0 Å². The second-order valence-corrected chi connectivity index (χ2v) is 5.72. The van der Waals surface area contributed by atoms with Crippen LogP contribution in [0.25, 0.3) is 0 Å². The van der Waals surface area contributed by atoms with Crippen LogP contribution in [-0.4, -0.2) is 18.3 Å². The number of rotatable bonds is 6. The highest BCUT2D eigenvalue weighted by atomic mass is 32.2. The lowest BCUT2D eigenvalue weighted by Crippen LogP contribution is -2.23. The Morgan fingerprint density at radius 3 is 2.62 bits per heavy atom. The van der Waals surface area contributed by atoms with Gasteiger partial charge in [0.05, 0.1) is 0 Å². The summed E-state index contributed by atoms with van der Waals surface area (Å²) in [5.74, 6) is 1.20. The maximum absolute atomic E-state index is 3.44. The molecule has 90 valence electrons. The SMILES string of the molecule is Cc1ccc(SCCCNC(C)C)c(C)c1. The fourth-order valence-corrected chi connectivity index (χ4v) is 2.57. The Kier molecular flexibility index (Phi) is 5.93. The number of hydrogen-bond acceptors (Lipinski definition) is 2. The zero-order valence-electron chi connectivity index (χ0n) is 10.8. The number of aryl methyl sites for hydroxylation is 2. The molecule has 1 rings (SSSR count). The minimum Gasteiger partial charge on any atom is -0.315 e. The number of thioether (sulfide) groups is 1. The summed E-state index contributed by atoms with van der Waals surface area (Å²) in [6.07, 6.45) is 1.23. The van der Waals surface area contributed by atoms with Gasteiger partial charge in [-0.25, -0.2) is 0 Å². The van der Waals surface area contributed by atoms with Gasteiger partial charge in [0.15, 0.2) is 0 Å². The van der Waals surface area contributed by atoms with Gasteiger partial charge in [-0.1, -0.05) is 31.5 Å². The van der Waals surface area contributed by atoms with E-state index in [0.29, 0.717) is 6.04 Å². The highest BCUT2D eigenvalue weighted by molar-refractivity contribution is 7.99. The van der Waals surface area contributed by atoms with Crippen LogP contribution in [0.2, 0.25) is 0 Å². The first kappa shape index (κ1) is 13.6. The summed E-state index contributed by atoms with van der Waals surface area (Å²) in [4.78, 5) is 1.43. The normalized spacial score (nSPS) is 11.1. The van der Waals surface area contributed by atoms with E-state index in [1.807, 2.05) is 11.8 Å². The molecule has 0 saturated carbocycles. The molecule has 16 heavy (non-hydrogen) atoms. The predicted octanol–water partition coefficient (Wildman–Crippen LogP) is 3.78. The van der Waals surface area contributed by atoms with Crippen molar-refractivity contribution < 1.29 is 0 Å². The van der Waals surface area contributed by atoms with Gasteiger partial charge >= 0.3 is 0 Å². The summed E-state index contributed by atoms with van der Waals surface area (Å²) in [7, 11) is 0. The van der Waals surface area contributed by atoms with Gasteiger partial charge in [0.25, 0.3) is 0 Å². The molecule has 1 aromatic rings. The van der Waals surface area contributed by atoms with Gasteiger partial charge < -0.3 is 5.32 Å². The van der Waals surface area contributed by atoms with E-state index in [0.717, 1.165) is 6.54 Å². The first-order chi connectivity index (χ1) is 7.59. The van der Waals surface area contributed by atoms with Crippen molar-refractivity contribution in [3.8, 4) is 0 Å². The lowest BCUT2D eigenvalue weighted by atomic mass is 10.2. The summed E-state index contributed by atoms with van der Waals surface area (Å²) in [5.41, 5.74) is 2.75. The molecule has 1 aromatic carbocycles. The third-order valence-corrected chi connectivity index (χ3v) is 3.72. The Balaban J connectivity index is 2.27. The van der Waals surface area contributed by atoms with E-state index < -0.39 is 0 Å². The summed E-state index contributed by atoms with van der Waals surface area (Å²) in [5, 5.41) is 3.44. The molecule has 0 fully saturated rings. The zero-order chi connectivity index (χ0) is 12.0. The highest BCUT2D eigenvalue weighted by Crippen LogP contribution is 2.23. The van der Waals surface area contributed by atoms with E-state index in [9.17, 15) is 0 Å². The van der Waals surface area contributed by atoms with Gasteiger partial charge in [-0.15, -0.1) is 11.8 Å². The topological polar surface area (TPSA) is 12.0 Å². The molecule has 0 unspecified atom stereocenters. The molecule has 0 heterocycles. The van der Waals surface area contributed by atoms with Crippen LogP contribution in [-0.2, 0) is 0 Å². The number of nitrogens with one attached hydrogen (secondary N) is 1. The Labute approximate surface area is 104 Å². The summed E-state index contributed by atoms with van der Waals surface area (Å²) >= 11 is 1.97. The lowest BCUT2D eigenvalue weighted by molar-refractivity contribution is 0.586. The van der Waals surface area contributed by atoms with Gasteiger partial charge in [0, 0.05) is 10.9 Å². The second kappa shape index (κ2) is 6.97. The minimum atomic E-state index is 0.603. The Bertz CT molecular complexity index is 321. The van der Waals surface area contributed by atoms with E-state index in [4.69, 9.17) is 0 Å². The monoisotopic (exact) mass is 237 g/mol. The fourth-order valence-electron chi connectivity index (χ4n) is 1.61. The molecule has 1 nitrogen and oxygen atoms in total. The molecular formula is C14H23NS. The van der Waals surface area contributed by atoms with Gasteiger partial charge in [0.2, 0.25) is 0 Å². The Morgan fingerprint density at radius 1 is 1.25 bits per heavy atom. The molecule has 0 atom stereocenters. The summed E-state index contributed by atoms with van der Waals surface area (Å²) in [6, 6.07) is 7.30. The first-order valence-corrected chi connectivity index (χ1v) is 7.01. The maximum atomic E-state index is 3.44. The van der Waals surface area contributed by atoms with Crippen molar-refractivity contribution in [1.82, 2.24) is 5.32 Å². The largest absolute Gasteiger partial charge is 0.315 e. The van der Waals surface area contributed by atoms with E-state index in [1.54, 1.807) is 0 Å². The molecule has 0 amide bonds. The second-order valence-electron chi connectivity index (χ2n) is 4.58. The van der Waals surface area contributed by atoms with E-state index >= 15 is 0 Å². The van der Waals surface area contributed by atoms with Crippen molar-refractivity contribution in [2.24, 2.45) is 0 Å². The van der Waals surface area contributed by atoms with Crippen molar-refractivity contribution in [3.63, 3.8) is 0 Å². The third kappa shape index (κ3) is 5.04. The van der Waals surface area contributed by atoms with Crippen LogP contribution in [0.5, 0.6) is 0 Å². The smallest absolute Gasteiger partial charge is 0.0101 e. The Morgan fingerprint density at radius 2 is 2.00 bits per heavy atom. The standard InChI is InChI=1S/C14H23NS/c1-11(2)15-8-5-9-16-14-7-6-12(3)10-13(14)4/h6-7,10-11,15H,5,8-9H2,1-4H3. The molecule has 1 N–H and O–H groups in total. The van der Waals surface area contributed by atoms with Crippen molar-refractivity contribution in [2.75, 3.05) is 12.3 Å². The fraction of sp³-hybridized carbons (Fsp3) is 0.571. The molecule has 2 heteroatoms. The predicted molar refractivity (Wildman–Crippen MR) is 74.4 cm³/mol. The van der Waals surface area contributed by atoms with Crippen LogP contribution in [0, 0.1) is 13.8 Å². The van der Waals surface area contributed by atoms with Crippen molar-refractivity contribution >= 4 is 11.8 Å². The minimum absolute atomic E-state index is 0.603. The van der Waals surface area contributed by atoms with Crippen LogP contribution in [0.1, 0.15) is 31.4 Å². The van der Waals surface area contributed by atoms with Crippen LogP contribution in [0.4, 0.5) is 0 Å². The van der Waals surface area contributed by atoms with E-state index in [-0.39, 0.29) is 0 Å². The van der Waals surface area contributed by atoms with Crippen molar-refractivity contribution in [2.45, 2.75) is 45.1 Å². The maximum Gasteiger partial charge on any atom is 0.0101 e. The quantitative estimate of drug-likeness (QED) is 0.597.